The van der Waals surface area contributed by atoms with Gasteiger partial charge in [-0.25, -0.2) is 0 Å². The van der Waals surface area contributed by atoms with E-state index in [0.717, 1.165) is 0 Å². The van der Waals surface area contributed by atoms with Gasteiger partial charge >= 0.3 is 0 Å². The average Bonchev–Trinajstić information content (AvgIpc) is 1.97. The van der Waals surface area contributed by atoms with Crippen LogP contribution in [-0.2, 0) is 4.79 Å². The molecule has 1 aliphatic rings. The summed E-state index contributed by atoms with van der Waals surface area (Å²) in [6.07, 6.45) is 7.59. The van der Waals surface area contributed by atoms with Crippen molar-refractivity contribution in [2.45, 2.75) is 6.42 Å². The second-order valence-corrected chi connectivity index (χ2v) is 2.04. The van der Waals surface area contributed by atoms with Gasteiger partial charge in [-0.3, -0.25) is 4.79 Å². The normalized spacial score (nSPS) is 16.5. The highest BCUT2D eigenvalue weighted by atomic mass is 35.5. The summed E-state index contributed by atoms with van der Waals surface area (Å²) in [6, 6.07) is 0. The van der Waals surface area contributed by atoms with Crippen molar-refractivity contribution < 1.29 is 4.79 Å². The summed E-state index contributed by atoms with van der Waals surface area (Å²) in [5.41, 5.74) is 0. The van der Waals surface area contributed by atoms with E-state index in [-0.39, 0.29) is 18.2 Å². The molecule has 1 rings (SSSR count). The first-order valence-corrected chi connectivity index (χ1v) is 2.88. The molecular formula is C7H10ClNO. The molecule has 0 amide bonds. The standard InChI is InChI=1S/C7H9NO.ClH/c1-8-5-2-3-7(9)4-6-8;/h2,4-6H,3H2,1H3;1H. The van der Waals surface area contributed by atoms with Crippen LogP contribution in [0, 0.1) is 0 Å². The van der Waals surface area contributed by atoms with Crippen molar-refractivity contribution in [3.05, 3.63) is 24.6 Å². The fourth-order valence-corrected chi connectivity index (χ4v) is 0.654. The summed E-state index contributed by atoms with van der Waals surface area (Å²) < 4.78 is 0. The maximum absolute atomic E-state index is 10.7. The van der Waals surface area contributed by atoms with Crippen LogP contribution in [0.2, 0.25) is 0 Å². The van der Waals surface area contributed by atoms with Crippen LogP contribution in [0.1, 0.15) is 6.42 Å². The van der Waals surface area contributed by atoms with Gasteiger partial charge in [0, 0.05) is 19.7 Å². The number of allylic oxidation sites excluding steroid dienone is 2. The highest BCUT2D eigenvalue weighted by Gasteiger charge is 1.95. The van der Waals surface area contributed by atoms with E-state index in [9.17, 15) is 4.79 Å². The molecule has 0 aromatic carbocycles. The van der Waals surface area contributed by atoms with Crippen LogP contribution in [0.3, 0.4) is 0 Å². The van der Waals surface area contributed by atoms with Crippen LogP contribution in [-0.4, -0.2) is 17.7 Å². The Morgan fingerprint density at radius 1 is 1.50 bits per heavy atom. The number of halogens is 1. The fourth-order valence-electron chi connectivity index (χ4n) is 0.654. The fraction of sp³-hybridized carbons (Fsp3) is 0.286. The first-order chi connectivity index (χ1) is 4.29. The molecule has 0 fully saturated rings. The van der Waals surface area contributed by atoms with Crippen molar-refractivity contribution in [1.82, 2.24) is 4.90 Å². The number of carbonyl (C=O) groups is 1. The van der Waals surface area contributed by atoms with Gasteiger partial charge in [0.05, 0.1) is 0 Å². The molecule has 0 aromatic heterocycles. The van der Waals surface area contributed by atoms with Gasteiger partial charge in [0.2, 0.25) is 0 Å². The molecule has 0 radical (unpaired) electrons. The summed E-state index contributed by atoms with van der Waals surface area (Å²) in [6.45, 7) is 0. The molecule has 56 valence electrons. The monoisotopic (exact) mass is 159 g/mol. The van der Waals surface area contributed by atoms with Crippen molar-refractivity contribution in [3.8, 4) is 0 Å². The highest BCUT2D eigenvalue weighted by molar-refractivity contribution is 5.90. The SMILES string of the molecule is CN1C=CCC(=O)C=C1.Cl. The van der Waals surface area contributed by atoms with Crippen molar-refractivity contribution in [2.75, 3.05) is 7.05 Å². The molecule has 3 heteroatoms. The van der Waals surface area contributed by atoms with E-state index in [1.807, 2.05) is 24.2 Å². The summed E-state index contributed by atoms with van der Waals surface area (Å²) in [4.78, 5) is 12.5. The van der Waals surface area contributed by atoms with Crippen LogP contribution in [0.25, 0.3) is 0 Å². The predicted molar refractivity (Wildman–Crippen MR) is 42.9 cm³/mol. The molecule has 0 aromatic rings. The van der Waals surface area contributed by atoms with E-state index in [0.29, 0.717) is 6.42 Å². The molecule has 0 saturated heterocycles. The molecule has 1 aliphatic heterocycles. The summed E-state index contributed by atoms with van der Waals surface area (Å²) in [5, 5.41) is 0. The van der Waals surface area contributed by atoms with E-state index in [4.69, 9.17) is 0 Å². The lowest BCUT2D eigenvalue weighted by Crippen LogP contribution is -1.97. The third kappa shape index (κ3) is 2.69. The lowest BCUT2D eigenvalue weighted by molar-refractivity contribution is -0.113. The molecule has 0 atom stereocenters. The Bertz CT molecular complexity index is 174. The van der Waals surface area contributed by atoms with Gasteiger partial charge < -0.3 is 4.90 Å². The first-order valence-electron chi connectivity index (χ1n) is 2.88. The van der Waals surface area contributed by atoms with Gasteiger partial charge in [-0.1, -0.05) is 6.08 Å². The number of ketones is 1. The molecule has 0 bridgehead atoms. The number of nitrogens with zero attached hydrogens (tertiary/aromatic N) is 1. The molecule has 2 nitrogen and oxygen atoms in total. The van der Waals surface area contributed by atoms with Gasteiger partial charge in [0.15, 0.2) is 5.78 Å². The van der Waals surface area contributed by atoms with E-state index in [1.54, 1.807) is 12.3 Å². The van der Waals surface area contributed by atoms with Gasteiger partial charge in [-0.15, -0.1) is 12.4 Å². The Kier molecular flexibility index (Phi) is 3.81. The highest BCUT2D eigenvalue weighted by Crippen LogP contribution is 1.97. The molecule has 0 unspecified atom stereocenters. The smallest absolute Gasteiger partial charge is 0.160 e. The number of rotatable bonds is 0. The zero-order valence-corrected chi connectivity index (χ0v) is 6.60. The molecule has 1 heterocycles. The molecule has 10 heavy (non-hydrogen) atoms. The lowest BCUT2D eigenvalue weighted by Gasteiger charge is -2.02. The first kappa shape index (κ1) is 9.24. The predicted octanol–water partition coefficient (Wildman–Crippen LogP) is 1.34. The van der Waals surface area contributed by atoms with Gasteiger partial charge in [0.1, 0.15) is 0 Å². The number of hydrogen-bond donors (Lipinski definition) is 0. The van der Waals surface area contributed by atoms with E-state index in [1.165, 1.54) is 0 Å². The van der Waals surface area contributed by atoms with Crippen LogP contribution in [0.4, 0.5) is 0 Å². The maximum Gasteiger partial charge on any atom is 0.160 e. The minimum atomic E-state index is 0. The van der Waals surface area contributed by atoms with Crippen LogP contribution in [0.5, 0.6) is 0 Å². The molecule has 0 saturated carbocycles. The Balaban J connectivity index is 0.000000810. The largest absolute Gasteiger partial charge is 0.357 e. The van der Waals surface area contributed by atoms with Gasteiger partial charge in [-0.05, 0) is 12.3 Å². The lowest BCUT2D eigenvalue weighted by atomic mass is 10.3. The zero-order chi connectivity index (χ0) is 6.69. The Labute approximate surface area is 66.6 Å². The quantitative estimate of drug-likeness (QED) is 0.532. The molecular weight excluding hydrogens is 150 g/mol. The second kappa shape index (κ2) is 4.12. The minimum absolute atomic E-state index is 0. The number of carbonyl (C=O) groups excluding carboxylic acids is 1. The molecule has 0 spiro atoms. The third-order valence-electron chi connectivity index (χ3n) is 1.16. The minimum Gasteiger partial charge on any atom is -0.357 e. The van der Waals surface area contributed by atoms with Crippen molar-refractivity contribution in [3.63, 3.8) is 0 Å². The Morgan fingerprint density at radius 2 is 2.20 bits per heavy atom. The summed E-state index contributed by atoms with van der Waals surface area (Å²) in [7, 11) is 1.89. The van der Waals surface area contributed by atoms with E-state index >= 15 is 0 Å². The van der Waals surface area contributed by atoms with Crippen molar-refractivity contribution in [1.29, 1.82) is 0 Å². The summed E-state index contributed by atoms with van der Waals surface area (Å²) >= 11 is 0. The third-order valence-corrected chi connectivity index (χ3v) is 1.16. The molecule has 0 aliphatic carbocycles. The van der Waals surface area contributed by atoms with Crippen molar-refractivity contribution >= 4 is 18.2 Å². The Morgan fingerprint density at radius 3 is 2.90 bits per heavy atom. The summed E-state index contributed by atoms with van der Waals surface area (Å²) in [5.74, 6) is 0.163. The van der Waals surface area contributed by atoms with Gasteiger partial charge in [-0.2, -0.15) is 0 Å². The van der Waals surface area contributed by atoms with E-state index in [2.05, 4.69) is 0 Å². The van der Waals surface area contributed by atoms with Crippen LogP contribution >= 0.6 is 12.4 Å². The zero-order valence-electron chi connectivity index (χ0n) is 5.78. The maximum atomic E-state index is 10.7. The average molecular weight is 160 g/mol. The van der Waals surface area contributed by atoms with Crippen molar-refractivity contribution in [2.24, 2.45) is 0 Å². The van der Waals surface area contributed by atoms with E-state index < -0.39 is 0 Å². The van der Waals surface area contributed by atoms with Crippen LogP contribution < -0.4 is 0 Å². The second-order valence-electron chi connectivity index (χ2n) is 2.04. The Hall–Kier alpha value is -0.760. The van der Waals surface area contributed by atoms with Gasteiger partial charge in [0.25, 0.3) is 0 Å². The van der Waals surface area contributed by atoms with Crippen LogP contribution in [0.15, 0.2) is 24.6 Å². The number of hydrogen-bond acceptors (Lipinski definition) is 2. The topological polar surface area (TPSA) is 20.3 Å². The molecule has 0 N–H and O–H groups in total.